The maximum atomic E-state index is 6.18. The molecule has 0 radical (unpaired) electrons. The van der Waals surface area contributed by atoms with E-state index in [9.17, 15) is 0 Å². The van der Waals surface area contributed by atoms with Crippen molar-refractivity contribution in [2.45, 2.75) is 0 Å². The Bertz CT molecular complexity index is 952. The van der Waals surface area contributed by atoms with Crippen LogP contribution in [0.15, 0.2) is 74.0 Å². The Morgan fingerprint density at radius 2 is 1.48 bits per heavy atom. The summed E-state index contributed by atoms with van der Waals surface area (Å²) < 4.78 is 8.24. The van der Waals surface area contributed by atoms with Crippen LogP contribution >= 0.6 is 31.9 Å². The largest absolute Gasteiger partial charge is 0.454 e. The maximum Gasteiger partial charge on any atom is 0.149 e. The lowest BCUT2D eigenvalue weighted by Gasteiger charge is -1.98. The predicted molar refractivity (Wildman–Crippen MR) is 94.6 cm³/mol. The summed E-state index contributed by atoms with van der Waals surface area (Å²) in [4.78, 5) is 0. The molecule has 0 bridgehead atoms. The topological polar surface area (TPSA) is 13.1 Å². The first-order valence-electron chi connectivity index (χ1n) is 6.60. The molecule has 4 aromatic rings. The minimum absolute atomic E-state index is 0.869. The summed E-state index contributed by atoms with van der Waals surface area (Å²) in [6.07, 6.45) is 0. The van der Waals surface area contributed by atoms with Crippen molar-refractivity contribution >= 4 is 53.6 Å². The van der Waals surface area contributed by atoms with Crippen molar-refractivity contribution < 1.29 is 4.42 Å². The van der Waals surface area contributed by atoms with E-state index >= 15 is 0 Å². The van der Waals surface area contributed by atoms with Crippen molar-refractivity contribution in [1.82, 2.24) is 0 Å². The predicted octanol–water partition coefficient (Wildman–Crippen LogP) is 6.78. The van der Waals surface area contributed by atoms with Gasteiger partial charge in [-0.1, -0.05) is 58.4 Å². The molecule has 0 amide bonds. The molecule has 3 heteroatoms. The van der Waals surface area contributed by atoms with Gasteiger partial charge in [0.25, 0.3) is 0 Å². The van der Waals surface area contributed by atoms with Crippen molar-refractivity contribution in [3.63, 3.8) is 0 Å². The molecule has 21 heavy (non-hydrogen) atoms. The zero-order valence-electron chi connectivity index (χ0n) is 10.9. The summed E-state index contributed by atoms with van der Waals surface area (Å²) in [7, 11) is 0. The lowest BCUT2D eigenvalue weighted by molar-refractivity contribution is 0.633. The second kappa shape index (κ2) is 5.00. The molecule has 1 heterocycles. The first-order chi connectivity index (χ1) is 10.2. The van der Waals surface area contributed by atoms with Gasteiger partial charge in [0.2, 0.25) is 0 Å². The van der Waals surface area contributed by atoms with Gasteiger partial charge in [0.1, 0.15) is 11.3 Å². The zero-order chi connectivity index (χ0) is 14.4. The lowest BCUT2D eigenvalue weighted by Crippen LogP contribution is -1.74. The maximum absolute atomic E-state index is 6.18. The van der Waals surface area contributed by atoms with Crippen LogP contribution in [0.4, 0.5) is 0 Å². The molecule has 0 saturated carbocycles. The van der Waals surface area contributed by atoms with Gasteiger partial charge in [-0.2, -0.15) is 0 Å². The van der Waals surface area contributed by atoms with Crippen LogP contribution in [0.1, 0.15) is 0 Å². The molecular weight excluding hydrogens is 392 g/mol. The van der Waals surface area contributed by atoms with E-state index in [2.05, 4.69) is 68.3 Å². The van der Waals surface area contributed by atoms with Crippen molar-refractivity contribution in [3.8, 4) is 11.3 Å². The summed E-state index contributed by atoms with van der Waals surface area (Å²) >= 11 is 7.15. The van der Waals surface area contributed by atoms with Gasteiger partial charge in [0.15, 0.2) is 0 Å². The van der Waals surface area contributed by atoms with Gasteiger partial charge < -0.3 is 4.42 Å². The van der Waals surface area contributed by atoms with Gasteiger partial charge >= 0.3 is 0 Å². The van der Waals surface area contributed by atoms with Crippen molar-refractivity contribution in [2.24, 2.45) is 0 Å². The molecule has 0 fully saturated rings. The van der Waals surface area contributed by atoms with E-state index in [1.165, 1.54) is 5.39 Å². The van der Waals surface area contributed by atoms with Crippen LogP contribution in [-0.2, 0) is 0 Å². The van der Waals surface area contributed by atoms with Crippen LogP contribution < -0.4 is 0 Å². The highest BCUT2D eigenvalue weighted by atomic mass is 79.9. The number of fused-ring (bicyclic) bond motifs is 3. The lowest BCUT2D eigenvalue weighted by atomic mass is 10.1. The van der Waals surface area contributed by atoms with Gasteiger partial charge in [0.05, 0.1) is 4.47 Å². The van der Waals surface area contributed by atoms with E-state index in [-0.39, 0.29) is 0 Å². The zero-order valence-corrected chi connectivity index (χ0v) is 14.1. The first kappa shape index (κ1) is 13.1. The van der Waals surface area contributed by atoms with Crippen LogP contribution in [0.3, 0.4) is 0 Å². The summed E-state index contributed by atoms with van der Waals surface area (Å²) in [6.45, 7) is 0. The summed E-state index contributed by atoms with van der Waals surface area (Å²) in [5.74, 6) is 0.869. The third-order valence-electron chi connectivity index (χ3n) is 3.63. The Labute approximate surface area is 138 Å². The Kier molecular flexibility index (Phi) is 3.12. The average molecular weight is 402 g/mol. The highest BCUT2D eigenvalue weighted by molar-refractivity contribution is 9.11. The molecule has 0 aliphatic heterocycles. The quantitative estimate of drug-likeness (QED) is 0.342. The Balaban J connectivity index is 2.05. The summed E-state index contributed by atoms with van der Waals surface area (Å²) in [5, 5.41) is 3.43. The van der Waals surface area contributed by atoms with Gasteiger partial charge in [-0.25, -0.2) is 0 Å². The van der Waals surface area contributed by atoms with E-state index < -0.39 is 0 Å². The Morgan fingerprint density at radius 1 is 0.714 bits per heavy atom. The molecule has 0 N–H and O–H groups in total. The monoisotopic (exact) mass is 400 g/mol. The highest BCUT2D eigenvalue weighted by Gasteiger charge is 2.15. The molecule has 0 atom stereocenters. The molecule has 0 unspecified atom stereocenters. The van der Waals surface area contributed by atoms with E-state index in [0.29, 0.717) is 0 Å². The van der Waals surface area contributed by atoms with E-state index in [1.807, 2.05) is 24.3 Å². The molecule has 1 nitrogen and oxygen atoms in total. The fourth-order valence-electron chi connectivity index (χ4n) is 2.58. The smallest absolute Gasteiger partial charge is 0.149 e. The number of hydrogen-bond donors (Lipinski definition) is 0. The van der Waals surface area contributed by atoms with Gasteiger partial charge in [-0.3, -0.25) is 0 Å². The molecule has 102 valence electrons. The fourth-order valence-corrected chi connectivity index (χ4v) is 3.47. The Hall–Kier alpha value is -1.58. The van der Waals surface area contributed by atoms with E-state index in [4.69, 9.17) is 4.42 Å². The molecule has 0 saturated heterocycles. The molecule has 4 rings (SSSR count). The van der Waals surface area contributed by atoms with Crippen LogP contribution in [0.5, 0.6) is 0 Å². The second-order valence-electron chi connectivity index (χ2n) is 4.92. The third kappa shape index (κ3) is 2.12. The molecule has 0 spiro atoms. The van der Waals surface area contributed by atoms with Crippen LogP contribution in [0, 0.1) is 0 Å². The number of benzene rings is 3. The van der Waals surface area contributed by atoms with Crippen LogP contribution in [-0.4, -0.2) is 0 Å². The molecule has 1 aromatic heterocycles. The van der Waals surface area contributed by atoms with Crippen LogP contribution in [0.25, 0.3) is 33.1 Å². The van der Waals surface area contributed by atoms with Crippen molar-refractivity contribution in [1.29, 1.82) is 0 Å². The SMILES string of the molecule is Brc1ccc(-c2oc3c(ccc4ccccc43)c2Br)cc1. The van der Waals surface area contributed by atoms with Crippen LogP contribution in [0.2, 0.25) is 0 Å². The van der Waals surface area contributed by atoms with E-state index in [0.717, 1.165) is 36.6 Å². The molecule has 0 aliphatic rings. The fraction of sp³-hybridized carbons (Fsp3) is 0. The molecular formula is C18H10Br2O. The van der Waals surface area contributed by atoms with Crippen molar-refractivity contribution in [3.05, 3.63) is 69.6 Å². The Morgan fingerprint density at radius 3 is 2.29 bits per heavy atom. The number of furan rings is 1. The standard InChI is InChI=1S/C18H10Br2O/c19-13-8-5-12(6-9-13)17-16(20)15-10-7-11-3-1-2-4-14(11)18(15)21-17/h1-10H. The highest BCUT2D eigenvalue weighted by Crippen LogP contribution is 2.40. The minimum atomic E-state index is 0.869. The molecule has 0 aliphatic carbocycles. The number of rotatable bonds is 1. The summed E-state index contributed by atoms with van der Waals surface area (Å²) in [6, 6.07) is 20.7. The van der Waals surface area contributed by atoms with Gasteiger partial charge in [0, 0.05) is 20.8 Å². The number of halogens is 2. The minimum Gasteiger partial charge on any atom is -0.454 e. The normalized spacial score (nSPS) is 11.3. The van der Waals surface area contributed by atoms with Crippen molar-refractivity contribution in [2.75, 3.05) is 0 Å². The summed E-state index contributed by atoms with van der Waals surface area (Å²) in [5.41, 5.74) is 1.99. The molecule has 3 aromatic carbocycles. The third-order valence-corrected chi connectivity index (χ3v) is 4.94. The first-order valence-corrected chi connectivity index (χ1v) is 8.18. The van der Waals surface area contributed by atoms with Gasteiger partial charge in [-0.05, 0) is 39.5 Å². The van der Waals surface area contributed by atoms with Gasteiger partial charge in [-0.15, -0.1) is 0 Å². The second-order valence-corrected chi connectivity index (χ2v) is 6.62. The number of hydrogen-bond acceptors (Lipinski definition) is 1. The van der Waals surface area contributed by atoms with E-state index in [1.54, 1.807) is 0 Å². The average Bonchev–Trinajstić information content (AvgIpc) is 2.86.